The molecule has 0 bridgehead atoms. The van der Waals surface area contributed by atoms with E-state index in [0.717, 1.165) is 17.6 Å². The topological polar surface area (TPSA) is 52.0 Å². The van der Waals surface area contributed by atoms with Crippen molar-refractivity contribution in [1.29, 1.82) is 0 Å². The lowest BCUT2D eigenvalue weighted by Gasteiger charge is -2.02. The number of epoxide rings is 1. The molecule has 1 unspecified atom stereocenters. The van der Waals surface area contributed by atoms with Gasteiger partial charge in [0, 0.05) is 17.5 Å². The molecule has 96 valence electrons. The normalized spacial score (nSPS) is 16.9. The zero-order valence-corrected chi connectivity index (χ0v) is 10.7. The van der Waals surface area contributed by atoms with E-state index in [2.05, 4.69) is 6.92 Å². The van der Waals surface area contributed by atoms with Gasteiger partial charge in [-0.25, -0.2) is 4.79 Å². The Morgan fingerprint density at radius 1 is 1.33 bits per heavy atom. The second-order valence-corrected chi connectivity index (χ2v) is 4.25. The van der Waals surface area contributed by atoms with Gasteiger partial charge < -0.3 is 13.9 Å². The number of aryl methyl sites for hydroxylation is 1. The van der Waals surface area contributed by atoms with Crippen LogP contribution in [0.3, 0.4) is 0 Å². The Hall–Kier alpha value is -1.81. The van der Waals surface area contributed by atoms with Gasteiger partial charge >= 0.3 is 5.63 Å². The molecule has 0 aliphatic carbocycles. The van der Waals surface area contributed by atoms with Crippen molar-refractivity contribution in [1.82, 2.24) is 0 Å². The van der Waals surface area contributed by atoms with E-state index < -0.39 is 0 Å². The van der Waals surface area contributed by atoms with E-state index in [0.29, 0.717) is 17.4 Å². The minimum atomic E-state index is -0.330. The van der Waals surface area contributed by atoms with Gasteiger partial charge in [-0.2, -0.15) is 0 Å². The summed E-state index contributed by atoms with van der Waals surface area (Å²) in [4.78, 5) is 11.1. The van der Waals surface area contributed by atoms with Crippen LogP contribution in [0, 0.1) is 6.92 Å². The minimum absolute atomic E-state index is 0.330. The molecule has 1 aromatic heterocycles. The van der Waals surface area contributed by atoms with Crippen LogP contribution in [0.1, 0.15) is 12.5 Å². The number of methoxy groups -OCH3 is 1. The summed E-state index contributed by atoms with van der Waals surface area (Å²) in [6.45, 7) is 4.92. The van der Waals surface area contributed by atoms with Crippen molar-refractivity contribution in [3.63, 3.8) is 0 Å². The molecule has 0 saturated carbocycles. The summed E-state index contributed by atoms with van der Waals surface area (Å²) in [6.07, 6.45) is 0.583. The Morgan fingerprint density at radius 3 is 2.56 bits per heavy atom. The van der Waals surface area contributed by atoms with Crippen LogP contribution < -0.4 is 10.4 Å². The summed E-state index contributed by atoms with van der Waals surface area (Å²) in [7, 11) is 1.58. The van der Waals surface area contributed by atoms with Crippen molar-refractivity contribution in [3.8, 4) is 5.75 Å². The van der Waals surface area contributed by atoms with Gasteiger partial charge in [0.1, 0.15) is 11.3 Å². The first-order chi connectivity index (χ1) is 8.60. The molecule has 2 heterocycles. The van der Waals surface area contributed by atoms with Crippen LogP contribution in [-0.4, -0.2) is 19.8 Å². The Morgan fingerprint density at radius 2 is 2.00 bits per heavy atom. The van der Waals surface area contributed by atoms with Crippen molar-refractivity contribution < 1.29 is 13.9 Å². The van der Waals surface area contributed by atoms with Gasteiger partial charge in [-0.05, 0) is 31.5 Å². The molecule has 18 heavy (non-hydrogen) atoms. The SMILES string of the molecule is CC1CO1.COc1ccc2c(C)cc(=O)oc2c1. The lowest BCUT2D eigenvalue weighted by Crippen LogP contribution is -1.97. The highest BCUT2D eigenvalue weighted by atomic mass is 16.6. The Kier molecular flexibility index (Phi) is 3.67. The summed E-state index contributed by atoms with van der Waals surface area (Å²) < 4.78 is 14.8. The molecular formula is C14H16O4. The van der Waals surface area contributed by atoms with Gasteiger partial charge in [-0.1, -0.05) is 0 Å². The van der Waals surface area contributed by atoms with Crippen LogP contribution in [0.4, 0.5) is 0 Å². The van der Waals surface area contributed by atoms with Crippen LogP contribution in [0.2, 0.25) is 0 Å². The highest BCUT2D eigenvalue weighted by Crippen LogP contribution is 2.21. The maximum absolute atomic E-state index is 11.1. The molecule has 1 aliphatic rings. The van der Waals surface area contributed by atoms with Gasteiger partial charge in [0.25, 0.3) is 0 Å². The van der Waals surface area contributed by atoms with E-state index in [1.54, 1.807) is 13.2 Å². The van der Waals surface area contributed by atoms with E-state index in [1.165, 1.54) is 6.07 Å². The van der Waals surface area contributed by atoms with Crippen LogP contribution in [0.15, 0.2) is 33.5 Å². The minimum Gasteiger partial charge on any atom is -0.497 e. The zero-order valence-electron chi connectivity index (χ0n) is 10.7. The van der Waals surface area contributed by atoms with E-state index in [4.69, 9.17) is 13.9 Å². The van der Waals surface area contributed by atoms with Gasteiger partial charge in [0.15, 0.2) is 0 Å². The molecule has 1 atom stereocenters. The number of ether oxygens (including phenoxy) is 2. The second kappa shape index (κ2) is 5.23. The van der Waals surface area contributed by atoms with E-state index in [1.807, 2.05) is 19.1 Å². The number of hydrogen-bond donors (Lipinski definition) is 0. The molecule has 4 nitrogen and oxygen atoms in total. The van der Waals surface area contributed by atoms with Crippen molar-refractivity contribution in [3.05, 3.63) is 40.2 Å². The van der Waals surface area contributed by atoms with Crippen molar-refractivity contribution in [2.24, 2.45) is 0 Å². The number of benzene rings is 1. The zero-order chi connectivity index (χ0) is 13.1. The molecule has 2 aromatic rings. The fourth-order valence-corrected chi connectivity index (χ4v) is 1.53. The molecule has 0 amide bonds. The fourth-order valence-electron chi connectivity index (χ4n) is 1.53. The maximum atomic E-state index is 11.1. The molecule has 1 aliphatic heterocycles. The quantitative estimate of drug-likeness (QED) is 0.574. The molecule has 0 spiro atoms. The van der Waals surface area contributed by atoms with Crippen LogP contribution in [-0.2, 0) is 4.74 Å². The lowest BCUT2D eigenvalue weighted by atomic mass is 10.1. The third-order valence-electron chi connectivity index (χ3n) is 2.66. The largest absolute Gasteiger partial charge is 0.497 e. The Balaban J connectivity index is 0.000000256. The summed E-state index contributed by atoms with van der Waals surface area (Å²) in [6, 6.07) is 6.92. The fraction of sp³-hybridized carbons (Fsp3) is 0.357. The van der Waals surface area contributed by atoms with Crippen LogP contribution in [0.5, 0.6) is 5.75 Å². The monoisotopic (exact) mass is 248 g/mol. The average Bonchev–Trinajstić information content (AvgIpc) is 3.11. The summed E-state index contributed by atoms with van der Waals surface area (Å²) >= 11 is 0. The van der Waals surface area contributed by atoms with Crippen molar-refractivity contribution in [2.75, 3.05) is 13.7 Å². The second-order valence-electron chi connectivity index (χ2n) is 4.25. The highest BCUT2D eigenvalue weighted by molar-refractivity contribution is 5.81. The van der Waals surface area contributed by atoms with Gasteiger partial charge in [-0.3, -0.25) is 0 Å². The van der Waals surface area contributed by atoms with E-state index >= 15 is 0 Å². The van der Waals surface area contributed by atoms with Gasteiger partial charge in [0.05, 0.1) is 19.8 Å². The van der Waals surface area contributed by atoms with Gasteiger partial charge in [-0.15, -0.1) is 0 Å². The molecule has 1 saturated heterocycles. The third kappa shape index (κ3) is 3.11. The lowest BCUT2D eigenvalue weighted by molar-refractivity contribution is 0.414. The van der Waals surface area contributed by atoms with Gasteiger partial charge in [0.2, 0.25) is 0 Å². The smallest absolute Gasteiger partial charge is 0.336 e. The first-order valence-electron chi connectivity index (χ1n) is 5.80. The van der Waals surface area contributed by atoms with Crippen molar-refractivity contribution >= 4 is 11.0 Å². The predicted molar refractivity (Wildman–Crippen MR) is 69.2 cm³/mol. The molecular weight excluding hydrogens is 232 g/mol. The maximum Gasteiger partial charge on any atom is 0.336 e. The number of hydrogen-bond acceptors (Lipinski definition) is 4. The number of rotatable bonds is 1. The molecule has 4 heteroatoms. The van der Waals surface area contributed by atoms with Crippen LogP contribution in [0.25, 0.3) is 11.0 Å². The highest BCUT2D eigenvalue weighted by Gasteiger charge is 2.13. The first-order valence-corrected chi connectivity index (χ1v) is 5.80. The molecule has 3 rings (SSSR count). The Labute approximate surface area is 105 Å². The standard InChI is InChI=1S/C11H10O3.C3H6O/c1-7-5-11(12)14-10-6-8(13-2)3-4-9(7)10;1-3-2-4-3/h3-6H,1-2H3;3H,2H2,1H3. The summed E-state index contributed by atoms with van der Waals surface area (Å²) in [5.41, 5.74) is 1.15. The first kappa shape index (κ1) is 12.6. The number of fused-ring (bicyclic) bond motifs is 1. The summed E-state index contributed by atoms with van der Waals surface area (Å²) in [5.74, 6) is 0.686. The molecule has 1 aromatic carbocycles. The van der Waals surface area contributed by atoms with Crippen LogP contribution >= 0.6 is 0 Å². The predicted octanol–water partition coefficient (Wildman–Crippen LogP) is 2.52. The molecule has 0 radical (unpaired) electrons. The van der Waals surface area contributed by atoms with E-state index in [9.17, 15) is 4.79 Å². The Bertz CT molecular complexity index is 596. The third-order valence-corrected chi connectivity index (χ3v) is 2.66. The molecule has 1 fully saturated rings. The van der Waals surface area contributed by atoms with E-state index in [-0.39, 0.29) is 5.63 Å². The van der Waals surface area contributed by atoms with Crippen molar-refractivity contribution in [2.45, 2.75) is 20.0 Å². The average molecular weight is 248 g/mol. The summed E-state index contributed by atoms with van der Waals surface area (Å²) in [5, 5.41) is 0.936. The molecule has 0 N–H and O–H groups in total.